The van der Waals surface area contributed by atoms with E-state index in [4.69, 9.17) is 5.73 Å². The third-order valence-corrected chi connectivity index (χ3v) is 3.60. The van der Waals surface area contributed by atoms with E-state index in [1.807, 2.05) is 19.1 Å². The molecule has 0 heterocycles. The van der Waals surface area contributed by atoms with Crippen molar-refractivity contribution in [3.05, 3.63) is 53.6 Å². The number of nitrogens with two attached hydrogens (primary N) is 1. The summed E-state index contributed by atoms with van der Waals surface area (Å²) in [5, 5.41) is 0. The van der Waals surface area contributed by atoms with Crippen LogP contribution in [0.3, 0.4) is 0 Å². The number of rotatable bonds is 2. The lowest BCUT2D eigenvalue weighted by atomic mass is 10.2. The molecule has 1 nitrogen and oxygen atoms in total. The molecule has 4 heteroatoms. The first kappa shape index (κ1) is 11.9. The Bertz CT molecular complexity index is 535. The van der Waals surface area contributed by atoms with Crippen LogP contribution in [0.4, 0.5) is 14.5 Å². The molecule has 88 valence electrons. The number of hydrogen-bond acceptors (Lipinski definition) is 2. The second-order valence-corrected chi connectivity index (χ2v) is 4.76. The van der Waals surface area contributed by atoms with Gasteiger partial charge in [0.15, 0.2) is 11.6 Å². The molecule has 2 N–H and O–H groups in total. The van der Waals surface area contributed by atoms with Gasteiger partial charge in [0.05, 0.1) is 0 Å². The minimum Gasteiger partial charge on any atom is -0.398 e. The first-order valence-corrected chi connectivity index (χ1v) is 5.87. The second kappa shape index (κ2) is 4.75. The van der Waals surface area contributed by atoms with Crippen LogP contribution in [0.5, 0.6) is 0 Å². The maximum absolute atomic E-state index is 13.1. The van der Waals surface area contributed by atoms with Crippen molar-refractivity contribution in [3.8, 4) is 0 Å². The predicted octanol–water partition coefficient (Wildman–Crippen LogP) is 4.01. The van der Waals surface area contributed by atoms with Crippen molar-refractivity contribution in [3.63, 3.8) is 0 Å². The van der Waals surface area contributed by atoms with Crippen molar-refractivity contribution in [1.29, 1.82) is 0 Å². The zero-order chi connectivity index (χ0) is 12.4. The van der Waals surface area contributed by atoms with Gasteiger partial charge in [-0.3, -0.25) is 0 Å². The molecule has 0 radical (unpaired) electrons. The minimum absolute atomic E-state index is 0.630. The molecule has 2 aromatic carbocycles. The minimum atomic E-state index is -0.845. The predicted molar refractivity (Wildman–Crippen MR) is 66.1 cm³/mol. The van der Waals surface area contributed by atoms with E-state index >= 15 is 0 Å². The Morgan fingerprint density at radius 2 is 1.82 bits per heavy atom. The van der Waals surface area contributed by atoms with E-state index in [0.717, 1.165) is 16.5 Å². The van der Waals surface area contributed by atoms with Gasteiger partial charge in [-0.05, 0) is 36.8 Å². The zero-order valence-corrected chi connectivity index (χ0v) is 10.0. The summed E-state index contributed by atoms with van der Waals surface area (Å²) >= 11 is 1.33. The lowest BCUT2D eigenvalue weighted by Gasteiger charge is -2.08. The van der Waals surface area contributed by atoms with Gasteiger partial charge in [-0.1, -0.05) is 23.9 Å². The number of nitrogen functional groups attached to an aromatic ring is 1. The van der Waals surface area contributed by atoms with Gasteiger partial charge >= 0.3 is 0 Å². The highest BCUT2D eigenvalue weighted by molar-refractivity contribution is 7.99. The van der Waals surface area contributed by atoms with Crippen molar-refractivity contribution in [2.45, 2.75) is 16.7 Å². The first-order chi connectivity index (χ1) is 8.08. The average Bonchev–Trinajstić information content (AvgIpc) is 2.28. The summed E-state index contributed by atoms with van der Waals surface area (Å²) in [6, 6.07) is 9.40. The smallest absolute Gasteiger partial charge is 0.159 e. The standard InChI is InChI=1S/C13H11F2NS/c1-8-3-2-4-12(16)13(8)17-9-5-6-10(14)11(15)7-9/h2-7H,16H2,1H3. The van der Waals surface area contributed by atoms with E-state index < -0.39 is 11.6 Å². The van der Waals surface area contributed by atoms with Gasteiger partial charge in [0.25, 0.3) is 0 Å². The van der Waals surface area contributed by atoms with Gasteiger partial charge in [-0.25, -0.2) is 8.78 Å². The fourth-order valence-corrected chi connectivity index (χ4v) is 2.42. The molecule has 0 bridgehead atoms. The molecular weight excluding hydrogens is 240 g/mol. The monoisotopic (exact) mass is 251 g/mol. The Morgan fingerprint density at radius 3 is 2.47 bits per heavy atom. The SMILES string of the molecule is Cc1cccc(N)c1Sc1ccc(F)c(F)c1. The van der Waals surface area contributed by atoms with Gasteiger partial charge in [-0.2, -0.15) is 0 Å². The highest BCUT2D eigenvalue weighted by Crippen LogP contribution is 2.34. The molecule has 0 aromatic heterocycles. The topological polar surface area (TPSA) is 26.0 Å². The van der Waals surface area contributed by atoms with Crippen molar-refractivity contribution in [1.82, 2.24) is 0 Å². The second-order valence-electron chi connectivity index (χ2n) is 3.67. The number of aryl methyl sites for hydroxylation is 1. The van der Waals surface area contributed by atoms with E-state index in [-0.39, 0.29) is 0 Å². The fraction of sp³-hybridized carbons (Fsp3) is 0.0769. The van der Waals surface area contributed by atoms with E-state index in [9.17, 15) is 8.78 Å². The van der Waals surface area contributed by atoms with Gasteiger partial charge in [-0.15, -0.1) is 0 Å². The summed E-state index contributed by atoms with van der Waals surface area (Å²) in [6.07, 6.45) is 0. The molecule has 0 saturated carbocycles. The zero-order valence-electron chi connectivity index (χ0n) is 9.21. The van der Waals surface area contributed by atoms with E-state index in [1.54, 1.807) is 6.07 Å². The quantitative estimate of drug-likeness (QED) is 0.816. The van der Waals surface area contributed by atoms with Crippen LogP contribution >= 0.6 is 11.8 Å². The van der Waals surface area contributed by atoms with Gasteiger partial charge in [0, 0.05) is 15.5 Å². The normalized spacial score (nSPS) is 10.5. The Morgan fingerprint density at radius 1 is 1.06 bits per heavy atom. The van der Waals surface area contributed by atoms with Crippen LogP contribution in [0.25, 0.3) is 0 Å². The molecule has 17 heavy (non-hydrogen) atoms. The number of hydrogen-bond donors (Lipinski definition) is 1. The Hall–Kier alpha value is -1.55. The number of benzene rings is 2. The molecule has 0 aliphatic rings. The number of anilines is 1. The summed E-state index contributed by atoms with van der Waals surface area (Å²) < 4.78 is 25.9. The maximum atomic E-state index is 13.1. The molecular formula is C13H11F2NS. The van der Waals surface area contributed by atoms with Crippen LogP contribution in [0.1, 0.15) is 5.56 Å². The molecule has 2 aromatic rings. The van der Waals surface area contributed by atoms with Crippen LogP contribution in [-0.4, -0.2) is 0 Å². The summed E-state index contributed by atoms with van der Waals surface area (Å²) in [5.41, 5.74) is 7.50. The summed E-state index contributed by atoms with van der Waals surface area (Å²) in [4.78, 5) is 1.50. The lowest BCUT2D eigenvalue weighted by Crippen LogP contribution is -1.91. The Balaban J connectivity index is 2.35. The molecule has 0 saturated heterocycles. The van der Waals surface area contributed by atoms with Gasteiger partial charge < -0.3 is 5.73 Å². The summed E-state index contributed by atoms with van der Waals surface area (Å²) in [7, 11) is 0. The molecule has 0 aliphatic heterocycles. The van der Waals surface area contributed by atoms with Crippen LogP contribution in [-0.2, 0) is 0 Å². The molecule has 0 amide bonds. The van der Waals surface area contributed by atoms with Gasteiger partial charge in [0.2, 0.25) is 0 Å². The molecule has 0 aliphatic carbocycles. The molecule has 0 atom stereocenters. The third kappa shape index (κ3) is 2.58. The molecule has 2 rings (SSSR count). The van der Waals surface area contributed by atoms with Crippen LogP contribution < -0.4 is 5.73 Å². The van der Waals surface area contributed by atoms with Crippen molar-refractivity contribution in [2.75, 3.05) is 5.73 Å². The Kier molecular flexibility index (Phi) is 3.33. The van der Waals surface area contributed by atoms with Crippen molar-refractivity contribution >= 4 is 17.4 Å². The average molecular weight is 251 g/mol. The molecule has 0 spiro atoms. The van der Waals surface area contributed by atoms with E-state index in [2.05, 4.69) is 0 Å². The maximum Gasteiger partial charge on any atom is 0.159 e. The van der Waals surface area contributed by atoms with E-state index in [1.165, 1.54) is 23.9 Å². The van der Waals surface area contributed by atoms with Crippen molar-refractivity contribution < 1.29 is 8.78 Å². The molecule has 0 fully saturated rings. The fourth-order valence-electron chi connectivity index (χ4n) is 1.47. The Labute approximate surface area is 103 Å². The van der Waals surface area contributed by atoms with Crippen LogP contribution in [0.2, 0.25) is 0 Å². The third-order valence-electron chi connectivity index (χ3n) is 2.35. The van der Waals surface area contributed by atoms with Gasteiger partial charge in [0.1, 0.15) is 0 Å². The first-order valence-electron chi connectivity index (χ1n) is 5.06. The van der Waals surface area contributed by atoms with Crippen LogP contribution in [0.15, 0.2) is 46.2 Å². The van der Waals surface area contributed by atoms with Crippen molar-refractivity contribution in [2.24, 2.45) is 0 Å². The highest BCUT2D eigenvalue weighted by Gasteiger charge is 2.07. The largest absolute Gasteiger partial charge is 0.398 e. The molecule has 0 unspecified atom stereocenters. The summed E-state index contributed by atoms with van der Waals surface area (Å²) in [5.74, 6) is -1.69. The lowest BCUT2D eigenvalue weighted by molar-refractivity contribution is 0.506. The highest BCUT2D eigenvalue weighted by atomic mass is 32.2. The summed E-state index contributed by atoms with van der Waals surface area (Å²) in [6.45, 7) is 1.93. The number of halogens is 2. The van der Waals surface area contributed by atoms with Crippen LogP contribution in [0, 0.1) is 18.6 Å². The van der Waals surface area contributed by atoms with E-state index in [0.29, 0.717) is 10.6 Å².